The number of amides is 1. The summed E-state index contributed by atoms with van der Waals surface area (Å²) in [6.07, 6.45) is 2.77. The van der Waals surface area contributed by atoms with E-state index in [0.717, 1.165) is 24.8 Å². The van der Waals surface area contributed by atoms with Gasteiger partial charge in [-0.05, 0) is 42.7 Å². The van der Waals surface area contributed by atoms with E-state index in [1.165, 1.54) is 0 Å². The van der Waals surface area contributed by atoms with Crippen molar-refractivity contribution in [3.05, 3.63) is 59.1 Å². The van der Waals surface area contributed by atoms with Gasteiger partial charge in [-0.25, -0.2) is 0 Å². The predicted molar refractivity (Wildman–Crippen MR) is 88.6 cm³/mol. The van der Waals surface area contributed by atoms with Crippen molar-refractivity contribution in [2.75, 3.05) is 12.4 Å². The fraction of sp³-hybridized carbons (Fsp3) is 0.278. The van der Waals surface area contributed by atoms with Crippen LogP contribution in [0.2, 0.25) is 5.02 Å². The molecular formula is C18H18ClNO2. The van der Waals surface area contributed by atoms with Crippen molar-refractivity contribution in [1.29, 1.82) is 0 Å². The number of anilines is 1. The van der Waals surface area contributed by atoms with Crippen LogP contribution in [0.25, 0.3) is 0 Å². The molecule has 2 aromatic carbocycles. The topological polar surface area (TPSA) is 38.3 Å². The molecule has 1 aliphatic rings. The van der Waals surface area contributed by atoms with E-state index in [1.54, 1.807) is 7.11 Å². The second-order valence-corrected chi connectivity index (χ2v) is 6.03. The monoisotopic (exact) mass is 315 g/mol. The zero-order valence-corrected chi connectivity index (χ0v) is 13.2. The molecule has 0 bridgehead atoms. The van der Waals surface area contributed by atoms with Gasteiger partial charge >= 0.3 is 0 Å². The number of hydrogen-bond acceptors (Lipinski definition) is 2. The van der Waals surface area contributed by atoms with Gasteiger partial charge in [0.15, 0.2) is 0 Å². The van der Waals surface area contributed by atoms with Gasteiger partial charge in [-0.1, -0.05) is 42.3 Å². The van der Waals surface area contributed by atoms with Gasteiger partial charge in [0.1, 0.15) is 5.75 Å². The summed E-state index contributed by atoms with van der Waals surface area (Å²) in [5.74, 6) is 0.687. The maximum absolute atomic E-state index is 12.9. The summed E-state index contributed by atoms with van der Waals surface area (Å²) in [7, 11) is 1.60. The molecule has 3 rings (SSSR count). The van der Waals surface area contributed by atoms with Gasteiger partial charge in [0.05, 0.1) is 18.2 Å². The zero-order chi connectivity index (χ0) is 15.6. The number of methoxy groups -OCH3 is 1. The van der Waals surface area contributed by atoms with E-state index in [4.69, 9.17) is 16.3 Å². The predicted octanol–water partition coefficient (Wildman–Crippen LogP) is 4.41. The Bertz CT molecular complexity index is 678. The normalized spacial score (nSPS) is 15.7. The molecule has 0 unspecified atom stereocenters. The van der Waals surface area contributed by atoms with Gasteiger partial charge in [0.25, 0.3) is 0 Å². The Morgan fingerprint density at radius 3 is 2.41 bits per heavy atom. The molecule has 1 saturated carbocycles. The molecular weight excluding hydrogens is 298 g/mol. The average Bonchev–Trinajstić information content (AvgIpc) is 2.48. The van der Waals surface area contributed by atoms with E-state index in [0.29, 0.717) is 16.5 Å². The summed E-state index contributed by atoms with van der Waals surface area (Å²) in [4.78, 5) is 12.9. The van der Waals surface area contributed by atoms with Crippen LogP contribution >= 0.6 is 11.6 Å². The molecule has 0 atom stereocenters. The number of carbonyl (C=O) groups excluding carboxylic acids is 1. The average molecular weight is 316 g/mol. The summed E-state index contributed by atoms with van der Waals surface area (Å²) in [6.45, 7) is 0. The molecule has 2 aromatic rings. The molecule has 4 heteroatoms. The molecule has 0 aliphatic heterocycles. The van der Waals surface area contributed by atoms with Crippen molar-refractivity contribution in [2.24, 2.45) is 0 Å². The van der Waals surface area contributed by atoms with E-state index < -0.39 is 5.41 Å². The van der Waals surface area contributed by atoms with Gasteiger partial charge in [0.2, 0.25) is 5.91 Å². The molecule has 0 heterocycles. The Morgan fingerprint density at radius 1 is 1.14 bits per heavy atom. The lowest BCUT2D eigenvalue weighted by atomic mass is 9.64. The number of rotatable bonds is 4. The van der Waals surface area contributed by atoms with Crippen LogP contribution in [0.1, 0.15) is 24.8 Å². The smallest absolute Gasteiger partial charge is 0.235 e. The van der Waals surface area contributed by atoms with Crippen LogP contribution in [0.4, 0.5) is 5.69 Å². The third-order valence-electron chi connectivity index (χ3n) is 4.39. The van der Waals surface area contributed by atoms with Gasteiger partial charge in [-0.2, -0.15) is 0 Å². The minimum Gasteiger partial charge on any atom is -0.495 e. The SMILES string of the molecule is COc1ccccc1NC(=O)C1(c2ccc(Cl)cc2)CCC1. The van der Waals surface area contributed by atoms with E-state index in [1.807, 2.05) is 48.5 Å². The van der Waals surface area contributed by atoms with E-state index in [2.05, 4.69) is 5.32 Å². The highest BCUT2D eigenvalue weighted by Gasteiger charge is 2.45. The Hall–Kier alpha value is -2.00. The molecule has 0 spiro atoms. The van der Waals surface area contributed by atoms with Gasteiger partial charge in [-0.15, -0.1) is 0 Å². The maximum Gasteiger partial charge on any atom is 0.235 e. The molecule has 1 aliphatic carbocycles. The molecule has 1 amide bonds. The lowest BCUT2D eigenvalue weighted by Crippen LogP contribution is -2.46. The highest BCUT2D eigenvalue weighted by molar-refractivity contribution is 6.30. The minimum atomic E-state index is -0.453. The summed E-state index contributed by atoms with van der Waals surface area (Å²) < 4.78 is 5.30. The van der Waals surface area contributed by atoms with Crippen molar-refractivity contribution in [3.8, 4) is 5.75 Å². The second kappa shape index (κ2) is 6.01. The highest BCUT2D eigenvalue weighted by atomic mass is 35.5. The van der Waals surface area contributed by atoms with Crippen molar-refractivity contribution >= 4 is 23.2 Å². The number of benzene rings is 2. The van der Waals surface area contributed by atoms with Gasteiger partial charge in [0, 0.05) is 5.02 Å². The molecule has 22 heavy (non-hydrogen) atoms. The fourth-order valence-electron chi connectivity index (χ4n) is 2.94. The molecule has 1 fully saturated rings. The molecule has 0 aromatic heterocycles. The lowest BCUT2D eigenvalue weighted by molar-refractivity contribution is -0.124. The summed E-state index contributed by atoms with van der Waals surface area (Å²) in [6, 6.07) is 15.0. The highest BCUT2D eigenvalue weighted by Crippen LogP contribution is 2.45. The second-order valence-electron chi connectivity index (χ2n) is 5.60. The lowest BCUT2D eigenvalue weighted by Gasteiger charge is -2.40. The number of nitrogens with one attached hydrogen (secondary N) is 1. The third-order valence-corrected chi connectivity index (χ3v) is 4.65. The quantitative estimate of drug-likeness (QED) is 0.907. The van der Waals surface area contributed by atoms with Gasteiger partial charge in [-0.3, -0.25) is 4.79 Å². The van der Waals surface area contributed by atoms with Crippen molar-refractivity contribution in [2.45, 2.75) is 24.7 Å². The van der Waals surface area contributed by atoms with Crippen molar-refractivity contribution in [3.63, 3.8) is 0 Å². The fourth-order valence-corrected chi connectivity index (χ4v) is 3.06. The van der Waals surface area contributed by atoms with Crippen LogP contribution in [-0.4, -0.2) is 13.0 Å². The molecule has 1 N–H and O–H groups in total. The van der Waals surface area contributed by atoms with E-state index in [9.17, 15) is 4.79 Å². The Labute approximate surface area is 135 Å². The van der Waals surface area contributed by atoms with Crippen molar-refractivity contribution in [1.82, 2.24) is 0 Å². The number of halogens is 1. The number of hydrogen-bond donors (Lipinski definition) is 1. The summed E-state index contributed by atoms with van der Waals surface area (Å²) in [5, 5.41) is 3.70. The van der Waals surface area contributed by atoms with Crippen LogP contribution in [-0.2, 0) is 10.2 Å². The van der Waals surface area contributed by atoms with Crippen LogP contribution in [0, 0.1) is 0 Å². The van der Waals surface area contributed by atoms with Crippen LogP contribution in [0.5, 0.6) is 5.75 Å². The van der Waals surface area contributed by atoms with Crippen LogP contribution in [0.3, 0.4) is 0 Å². The molecule has 114 valence electrons. The van der Waals surface area contributed by atoms with E-state index in [-0.39, 0.29) is 5.91 Å². The first-order chi connectivity index (χ1) is 10.7. The zero-order valence-electron chi connectivity index (χ0n) is 12.4. The standard InChI is InChI=1S/C18H18ClNO2/c1-22-16-6-3-2-5-15(16)20-17(21)18(11-4-12-18)13-7-9-14(19)10-8-13/h2-3,5-10H,4,11-12H2,1H3,(H,20,21). The Morgan fingerprint density at radius 2 is 1.82 bits per heavy atom. The minimum absolute atomic E-state index is 0.0190. The first-order valence-corrected chi connectivity index (χ1v) is 7.74. The molecule has 3 nitrogen and oxygen atoms in total. The van der Waals surface area contributed by atoms with Gasteiger partial charge < -0.3 is 10.1 Å². The number of ether oxygens (including phenoxy) is 1. The first-order valence-electron chi connectivity index (χ1n) is 7.36. The molecule has 0 radical (unpaired) electrons. The van der Waals surface area contributed by atoms with Crippen molar-refractivity contribution < 1.29 is 9.53 Å². The maximum atomic E-state index is 12.9. The first kappa shape index (κ1) is 14.9. The van der Waals surface area contributed by atoms with Crippen LogP contribution < -0.4 is 10.1 Å². The molecule has 0 saturated heterocycles. The summed E-state index contributed by atoms with van der Waals surface area (Å²) in [5.41, 5.74) is 1.27. The Kier molecular flexibility index (Phi) is 4.08. The summed E-state index contributed by atoms with van der Waals surface area (Å²) >= 11 is 5.95. The Balaban J connectivity index is 1.87. The van der Waals surface area contributed by atoms with Crippen LogP contribution in [0.15, 0.2) is 48.5 Å². The largest absolute Gasteiger partial charge is 0.495 e. The third kappa shape index (κ3) is 2.57. The number of para-hydroxylation sites is 2. The van der Waals surface area contributed by atoms with E-state index >= 15 is 0 Å². The number of carbonyl (C=O) groups is 1.